The number of carbonyl (C=O) groups excluding carboxylic acids is 2. The van der Waals surface area contributed by atoms with Gasteiger partial charge < -0.3 is 15.2 Å². The first-order valence-electron chi connectivity index (χ1n) is 9.03. The van der Waals surface area contributed by atoms with E-state index in [2.05, 4.69) is 20.8 Å². The predicted molar refractivity (Wildman–Crippen MR) is 121 cm³/mol. The lowest BCUT2D eigenvalue weighted by Crippen LogP contribution is -2.24. The van der Waals surface area contributed by atoms with Crippen LogP contribution in [0.5, 0.6) is 0 Å². The summed E-state index contributed by atoms with van der Waals surface area (Å²) in [4.78, 5) is 34.6. The van der Waals surface area contributed by atoms with Gasteiger partial charge in [-0.05, 0) is 30.3 Å². The van der Waals surface area contributed by atoms with Crippen LogP contribution in [0.3, 0.4) is 0 Å². The first-order valence-corrected chi connectivity index (χ1v) is 10.8. The molecule has 3 aromatic rings. The van der Waals surface area contributed by atoms with E-state index < -0.39 is 4.92 Å². The second-order valence-electron chi connectivity index (χ2n) is 6.41. The Kier molecular flexibility index (Phi) is 7.67. The number of aromatic nitrogens is 3. The zero-order valence-electron chi connectivity index (χ0n) is 16.5. The highest BCUT2D eigenvalue weighted by Crippen LogP contribution is 2.21. The Morgan fingerprint density at radius 3 is 2.53 bits per heavy atom. The van der Waals surface area contributed by atoms with E-state index in [0.29, 0.717) is 21.7 Å². The maximum Gasteiger partial charge on any atom is 0.269 e. The Hall–Kier alpha value is -3.15. The van der Waals surface area contributed by atoms with E-state index >= 15 is 0 Å². The number of halogens is 2. The smallest absolute Gasteiger partial charge is 0.269 e. The summed E-state index contributed by atoms with van der Waals surface area (Å²) < 4.78 is 1.66. The van der Waals surface area contributed by atoms with Gasteiger partial charge in [-0.25, -0.2) is 0 Å². The molecule has 0 saturated carbocycles. The van der Waals surface area contributed by atoms with Gasteiger partial charge in [-0.3, -0.25) is 19.7 Å². The van der Waals surface area contributed by atoms with Crippen molar-refractivity contribution in [2.75, 3.05) is 11.1 Å². The Labute approximate surface area is 196 Å². The van der Waals surface area contributed by atoms with Crippen LogP contribution in [0.25, 0.3) is 0 Å². The van der Waals surface area contributed by atoms with E-state index in [4.69, 9.17) is 23.2 Å². The minimum absolute atomic E-state index is 0.0513. The number of nitro groups is 1. The van der Waals surface area contributed by atoms with Gasteiger partial charge in [-0.1, -0.05) is 35.0 Å². The number of carbonyl (C=O) groups is 2. The molecule has 1 heterocycles. The van der Waals surface area contributed by atoms with Crippen LogP contribution in [0.4, 0.5) is 11.4 Å². The zero-order valence-corrected chi connectivity index (χ0v) is 18.9. The fourth-order valence-corrected chi connectivity index (χ4v) is 3.77. The van der Waals surface area contributed by atoms with E-state index in [9.17, 15) is 19.7 Å². The Balaban J connectivity index is 1.52. The molecule has 10 nitrogen and oxygen atoms in total. The molecule has 0 aliphatic carbocycles. The average Bonchev–Trinajstić information content (AvgIpc) is 3.10. The summed E-state index contributed by atoms with van der Waals surface area (Å²) in [5, 5.41) is 25.3. The normalized spacial score (nSPS) is 10.6. The van der Waals surface area contributed by atoms with Crippen molar-refractivity contribution in [2.24, 2.45) is 7.05 Å². The molecule has 0 radical (unpaired) electrons. The fraction of sp³-hybridized carbons (Fsp3) is 0.158. The molecule has 0 aliphatic rings. The van der Waals surface area contributed by atoms with Crippen molar-refractivity contribution < 1.29 is 14.5 Å². The van der Waals surface area contributed by atoms with Gasteiger partial charge in [0.2, 0.25) is 5.91 Å². The molecule has 0 unspecified atom stereocenters. The minimum Gasteiger partial charge on any atom is -0.345 e. The van der Waals surface area contributed by atoms with E-state index in [1.165, 1.54) is 36.4 Å². The van der Waals surface area contributed by atoms with Crippen molar-refractivity contribution in [3.8, 4) is 0 Å². The number of nitrogens with one attached hydrogen (secondary N) is 2. The van der Waals surface area contributed by atoms with Gasteiger partial charge in [0, 0.05) is 29.9 Å². The molecule has 2 amide bonds. The van der Waals surface area contributed by atoms with Gasteiger partial charge in [0.1, 0.15) is 0 Å². The molecule has 166 valence electrons. The number of benzene rings is 2. The Morgan fingerprint density at radius 2 is 1.88 bits per heavy atom. The van der Waals surface area contributed by atoms with Crippen molar-refractivity contribution in [1.29, 1.82) is 0 Å². The second kappa shape index (κ2) is 10.4. The van der Waals surface area contributed by atoms with Crippen LogP contribution in [-0.4, -0.2) is 37.3 Å². The van der Waals surface area contributed by atoms with Crippen molar-refractivity contribution in [2.45, 2.75) is 11.7 Å². The molecule has 13 heteroatoms. The number of rotatable bonds is 8. The number of non-ortho nitro benzene ring substituents is 1. The van der Waals surface area contributed by atoms with Gasteiger partial charge in [-0.2, -0.15) is 0 Å². The van der Waals surface area contributed by atoms with Crippen LogP contribution in [0, 0.1) is 10.1 Å². The van der Waals surface area contributed by atoms with Crippen molar-refractivity contribution in [3.05, 3.63) is 74.0 Å². The monoisotopic (exact) mass is 494 g/mol. The molecule has 0 fully saturated rings. The first-order chi connectivity index (χ1) is 15.2. The Morgan fingerprint density at radius 1 is 1.16 bits per heavy atom. The quantitative estimate of drug-likeness (QED) is 0.277. The lowest BCUT2D eigenvalue weighted by molar-refractivity contribution is -0.384. The summed E-state index contributed by atoms with van der Waals surface area (Å²) in [6.07, 6.45) is 0. The van der Waals surface area contributed by atoms with Gasteiger partial charge in [0.15, 0.2) is 11.0 Å². The van der Waals surface area contributed by atoms with Crippen LogP contribution in [0.15, 0.2) is 47.6 Å². The molecule has 0 aliphatic heterocycles. The van der Waals surface area contributed by atoms with Crippen LogP contribution < -0.4 is 10.6 Å². The fourth-order valence-electron chi connectivity index (χ4n) is 2.55. The maximum absolute atomic E-state index is 12.3. The number of hydrogen-bond acceptors (Lipinski definition) is 7. The van der Waals surface area contributed by atoms with Gasteiger partial charge >= 0.3 is 0 Å². The van der Waals surface area contributed by atoms with Crippen LogP contribution in [0.1, 0.15) is 16.2 Å². The third-order valence-electron chi connectivity index (χ3n) is 4.20. The summed E-state index contributed by atoms with van der Waals surface area (Å²) in [6.45, 7) is 0.108. The van der Waals surface area contributed by atoms with E-state index in [0.717, 1.165) is 11.8 Å². The summed E-state index contributed by atoms with van der Waals surface area (Å²) >= 11 is 13.0. The highest BCUT2D eigenvalue weighted by Gasteiger charge is 2.15. The molecule has 0 spiro atoms. The summed E-state index contributed by atoms with van der Waals surface area (Å²) in [5.41, 5.74) is 0.675. The van der Waals surface area contributed by atoms with Gasteiger partial charge in [0.05, 0.1) is 27.8 Å². The number of hydrogen-bond donors (Lipinski definition) is 2. The molecule has 2 N–H and O–H groups in total. The molecule has 0 bridgehead atoms. The number of nitro benzene ring substituents is 1. The van der Waals surface area contributed by atoms with Crippen LogP contribution >= 0.6 is 35.0 Å². The van der Waals surface area contributed by atoms with Gasteiger partial charge in [-0.15, -0.1) is 10.2 Å². The number of thioether (sulfide) groups is 1. The Bertz CT molecular complexity index is 1170. The van der Waals surface area contributed by atoms with E-state index in [1.54, 1.807) is 17.7 Å². The molecule has 3 rings (SSSR count). The standard InChI is InChI=1S/C19H16Cl2N6O4S/c1-26-16(9-22-18(29)14-7-2-11(20)8-15(14)21)24-25-19(26)32-10-17(28)23-12-3-5-13(6-4-12)27(30)31/h2-8H,9-10H2,1H3,(H,22,29)(H,23,28). The molecule has 32 heavy (non-hydrogen) atoms. The number of nitrogens with zero attached hydrogens (tertiary/aromatic N) is 4. The topological polar surface area (TPSA) is 132 Å². The third kappa shape index (κ3) is 5.96. The molecule has 1 aromatic heterocycles. The molecule has 0 saturated heterocycles. The summed E-state index contributed by atoms with van der Waals surface area (Å²) in [6, 6.07) is 10.1. The molecule has 0 atom stereocenters. The highest BCUT2D eigenvalue weighted by molar-refractivity contribution is 7.99. The maximum atomic E-state index is 12.3. The molecular weight excluding hydrogens is 479 g/mol. The zero-order chi connectivity index (χ0) is 23.3. The highest BCUT2D eigenvalue weighted by atomic mass is 35.5. The van der Waals surface area contributed by atoms with Crippen molar-refractivity contribution in [1.82, 2.24) is 20.1 Å². The SMILES string of the molecule is Cn1c(CNC(=O)c2ccc(Cl)cc2Cl)nnc1SCC(=O)Nc1ccc([N+](=O)[O-])cc1. The largest absolute Gasteiger partial charge is 0.345 e. The molecule has 2 aromatic carbocycles. The first kappa shape index (κ1) is 23.5. The predicted octanol–water partition coefficient (Wildman–Crippen LogP) is 3.69. The molecular formula is C19H16Cl2N6O4S. The van der Waals surface area contributed by atoms with Gasteiger partial charge in [0.25, 0.3) is 11.6 Å². The number of anilines is 1. The lowest BCUT2D eigenvalue weighted by atomic mass is 10.2. The van der Waals surface area contributed by atoms with Crippen LogP contribution in [-0.2, 0) is 18.4 Å². The minimum atomic E-state index is -0.514. The number of amides is 2. The summed E-state index contributed by atoms with van der Waals surface area (Å²) in [7, 11) is 1.72. The van der Waals surface area contributed by atoms with Crippen molar-refractivity contribution in [3.63, 3.8) is 0 Å². The third-order valence-corrected chi connectivity index (χ3v) is 5.77. The van der Waals surface area contributed by atoms with E-state index in [-0.39, 0.29) is 40.4 Å². The lowest BCUT2D eigenvalue weighted by Gasteiger charge is -2.08. The van der Waals surface area contributed by atoms with Crippen molar-refractivity contribution >= 4 is 58.2 Å². The van der Waals surface area contributed by atoms with Crippen LogP contribution in [0.2, 0.25) is 10.0 Å². The van der Waals surface area contributed by atoms with E-state index in [1.807, 2.05) is 0 Å². The second-order valence-corrected chi connectivity index (χ2v) is 8.19. The summed E-state index contributed by atoms with van der Waals surface area (Å²) in [5.74, 6) is -0.150. The average molecular weight is 495 g/mol.